The monoisotopic (exact) mass is 320 g/mol. The van der Waals surface area contributed by atoms with Gasteiger partial charge in [-0.05, 0) is 43.1 Å². The maximum Gasteiger partial charge on any atom is 0.142 e. The van der Waals surface area contributed by atoms with Crippen LogP contribution in [0.3, 0.4) is 0 Å². The molecule has 2 N–H and O–H groups in total. The Morgan fingerprint density at radius 2 is 1.90 bits per heavy atom. The van der Waals surface area contributed by atoms with Gasteiger partial charge in [0.2, 0.25) is 0 Å². The molecule has 0 heterocycles. The number of rotatable bonds is 6. The Labute approximate surface area is 131 Å². The Morgan fingerprint density at radius 3 is 2.40 bits per heavy atom. The van der Waals surface area contributed by atoms with Crippen LogP contribution in [0.15, 0.2) is 12.1 Å². The fourth-order valence-electron chi connectivity index (χ4n) is 2.19. The molecule has 0 spiro atoms. The van der Waals surface area contributed by atoms with Crippen LogP contribution in [-0.4, -0.2) is 24.5 Å². The fraction of sp³-hybridized carbons (Fsp3) is 0.600. The van der Waals surface area contributed by atoms with Gasteiger partial charge in [0.1, 0.15) is 5.82 Å². The van der Waals surface area contributed by atoms with Crippen LogP contribution in [0.1, 0.15) is 39.3 Å². The first-order chi connectivity index (χ1) is 9.21. The molecule has 0 saturated heterocycles. The molecule has 1 rings (SSSR count). The molecule has 0 aliphatic rings. The highest BCUT2D eigenvalue weighted by atomic mass is 35.5. The van der Waals surface area contributed by atoms with Gasteiger partial charge in [-0.25, -0.2) is 4.39 Å². The SMILES string of the molecule is CCN(CC(C)(C)CN)C(C)c1cc(F)c(Cl)cc1Cl. The van der Waals surface area contributed by atoms with E-state index in [0.717, 1.165) is 18.7 Å². The molecule has 0 aliphatic heterocycles. The molecule has 0 radical (unpaired) electrons. The first-order valence-electron chi connectivity index (χ1n) is 6.80. The molecule has 1 atom stereocenters. The normalized spacial score (nSPS) is 13.8. The second kappa shape index (κ2) is 7.08. The van der Waals surface area contributed by atoms with Gasteiger partial charge in [-0.2, -0.15) is 0 Å². The summed E-state index contributed by atoms with van der Waals surface area (Å²) in [6, 6.07) is 2.89. The van der Waals surface area contributed by atoms with Crippen LogP contribution in [0.2, 0.25) is 10.0 Å². The van der Waals surface area contributed by atoms with Gasteiger partial charge >= 0.3 is 0 Å². The van der Waals surface area contributed by atoms with Crippen molar-refractivity contribution in [3.05, 3.63) is 33.6 Å². The third-order valence-electron chi connectivity index (χ3n) is 3.63. The van der Waals surface area contributed by atoms with E-state index in [4.69, 9.17) is 28.9 Å². The van der Waals surface area contributed by atoms with Crippen molar-refractivity contribution < 1.29 is 4.39 Å². The number of halogens is 3. The third kappa shape index (κ3) is 4.32. The zero-order valence-corrected chi connectivity index (χ0v) is 14.0. The molecule has 0 fully saturated rings. The van der Waals surface area contributed by atoms with Crippen LogP contribution in [0, 0.1) is 11.2 Å². The minimum atomic E-state index is -0.438. The van der Waals surface area contributed by atoms with Crippen molar-refractivity contribution in [2.75, 3.05) is 19.6 Å². The van der Waals surface area contributed by atoms with E-state index in [1.807, 2.05) is 6.92 Å². The molecule has 5 heteroatoms. The van der Waals surface area contributed by atoms with Crippen LogP contribution < -0.4 is 5.73 Å². The highest BCUT2D eigenvalue weighted by Gasteiger charge is 2.25. The van der Waals surface area contributed by atoms with E-state index in [0.29, 0.717) is 11.6 Å². The van der Waals surface area contributed by atoms with Crippen molar-refractivity contribution in [1.29, 1.82) is 0 Å². The van der Waals surface area contributed by atoms with Crippen LogP contribution in [0.5, 0.6) is 0 Å². The Bertz CT molecular complexity index is 463. The van der Waals surface area contributed by atoms with E-state index in [1.165, 1.54) is 12.1 Å². The average molecular weight is 321 g/mol. The summed E-state index contributed by atoms with van der Waals surface area (Å²) in [6.45, 7) is 10.6. The summed E-state index contributed by atoms with van der Waals surface area (Å²) in [5.74, 6) is -0.438. The highest BCUT2D eigenvalue weighted by molar-refractivity contribution is 6.35. The zero-order chi connectivity index (χ0) is 15.5. The van der Waals surface area contributed by atoms with E-state index in [2.05, 4.69) is 25.7 Å². The van der Waals surface area contributed by atoms with Gasteiger partial charge in [0, 0.05) is 17.6 Å². The van der Waals surface area contributed by atoms with E-state index >= 15 is 0 Å². The second-order valence-corrected chi connectivity index (χ2v) is 6.71. The van der Waals surface area contributed by atoms with Gasteiger partial charge in [-0.1, -0.05) is 44.0 Å². The molecule has 1 aromatic carbocycles. The molecule has 0 aliphatic carbocycles. The number of nitrogens with two attached hydrogens (primary N) is 1. The van der Waals surface area contributed by atoms with Gasteiger partial charge in [0.25, 0.3) is 0 Å². The molecule has 0 amide bonds. The van der Waals surface area contributed by atoms with Crippen LogP contribution in [0.4, 0.5) is 4.39 Å². The lowest BCUT2D eigenvalue weighted by Crippen LogP contribution is -2.40. The fourth-order valence-corrected chi connectivity index (χ4v) is 2.73. The first-order valence-corrected chi connectivity index (χ1v) is 7.56. The Balaban J connectivity index is 3.02. The largest absolute Gasteiger partial charge is 0.330 e. The number of hydrogen-bond donors (Lipinski definition) is 1. The molecule has 1 aromatic rings. The Kier molecular flexibility index (Phi) is 6.26. The summed E-state index contributed by atoms with van der Waals surface area (Å²) in [7, 11) is 0. The van der Waals surface area contributed by atoms with Crippen molar-refractivity contribution in [3.8, 4) is 0 Å². The first kappa shape index (κ1) is 17.7. The summed E-state index contributed by atoms with van der Waals surface area (Å²) < 4.78 is 13.7. The lowest BCUT2D eigenvalue weighted by atomic mass is 9.92. The van der Waals surface area contributed by atoms with Crippen molar-refractivity contribution in [2.24, 2.45) is 11.1 Å². The van der Waals surface area contributed by atoms with Crippen LogP contribution in [0.25, 0.3) is 0 Å². The van der Waals surface area contributed by atoms with Gasteiger partial charge < -0.3 is 5.73 Å². The van der Waals surface area contributed by atoms with Crippen LogP contribution >= 0.6 is 23.2 Å². The van der Waals surface area contributed by atoms with E-state index < -0.39 is 5.82 Å². The summed E-state index contributed by atoms with van der Waals surface area (Å²) in [5.41, 5.74) is 6.55. The maximum atomic E-state index is 13.7. The van der Waals surface area contributed by atoms with Gasteiger partial charge in [0.15, 0.2) is 0 Å². The molecule has 20 heavy (non-hydrogen) atoms. The van der Waals surface area contributed by atoms with E-state index in [1.54, 1.807) is 0 Å². The summed E-state index contributed by atoms with van der Waals surface area (Å²) in [4.78, 5) is 2.24. The van der Waals surface area contributed by atoms with Crippen molar-refractivity contribution >= 4 is 23.2 Å². The quantitative estimate of drug-likeness (QED) is 0.782. The summed E-state index contributed by atoms with van der Waals surface area (Å²) >= 11 is 11.9. The van der Waals surface area contributed by atoms with Crippen molar-refractivity contribution in [3.63, 3.8) is 0 Å². The lowest BCUT2D eigenvalue weighted by Gasteiger charge is -2.35. The minimum absolute atomic E-state index is 0.00170. The molecule has 0 aromatic heterocycles. The molecule has 114 valence electrons. The van der Waals surface area contributed by atoms with E-state index in [9.17, 15) is 4.39 Å². The highest BCUT2D eigenvalue weighted by Crippen LogP contribution is 2.32. The summed E-state index contributed by atoms with van der Waals surface area (Å²) in [5, 5.41) is 0.546. The second-order valence-electron chi connectivity index (χ2n) is 5.90. The van der Waals surface area contributed by atoms with Gasteiger partial charge in [-0.3, -0.25) is 4.90 Å². The molecule has 0 bridgehead atoms. The Morgan fingerprint density at radius 1 is 1.30 bits per heavy atom. The molecular formula is C15H23Cl2FN2. The predicted octanol–water partition coefficient (Wildman–Crippen LogP) is 4.50. The average Bonchev–Trinajstić information content (AvgIpc) is 2.39. The topological polar surface area (TPSA) is 29.3 Å². The van der Waals surface area contributed by atoms with Gasteiger partial charge in [-0.15, -0.1) is 0 Å². The zero-order valence-electron chi connectivity index (χ0n) is 12.5. The molecule has 1 unspecified atom stereocenters. The molecule has 0 saturated carbocycles. The standard InChI is InChI=1S/C15H23Cl2FN2/c1-5-20(9-15(3,4)8-19)10(2)11-6-14(18)13(17)7-12(11)16/h6-7,10H,5,8-9,19H2,1-4H3. The minimum Gasteiger partial charge on any atom is -0.330 e. The van der Waals surface area contributed by atoms with Gasteiger partial charge in [0.05, 0.1) is 5.02 Å². The van der Waals surface area contributed by atoms with Crippen LogP contribution in [-0.2, 0) is 0 Å². The van der Waals surface area contributed by atoms with E-state index in [-0.39, 0.29) is 16.5 Å². The van der Waals surface area contributed by atoms with Crippen molar-refractivity contribution in [2.45, 2.75) is 33.7 Å². The lowest BCUT2D eigenvalue weighted by molar-refractivity contribution is 0.147. The predicted molar refractivity (Wildman–Crippen MR) is 84.9 cm³/mol. The third-order valence-corrected chi connectivity index (χ3v) is 4.24. The number of hydrogen-bond acceptors (Lipinski definition) is 2. The molecule has 2 nitrogen and oxygen atoms in total. The summed E-state index contributed by atoms with van der Waals surface area (Å²) in [6.07, 6.45) is 0. The Hall–Kier alpha value is -0.350. The van der Waals surface area contributed by atoms with Crippen molar-refractivity contribution in [1.82, 2.24) is 4.90 Å². The molecular weight excluding hydrogens is 298 g/mol. The number of benzene rings is 1. The smallest absolute Gasteiger partial charge is 0.142 e. The number of nitrogens with zero attached hydrogens (tertiary/aromatic N) is 1. The maximum absolute atomic E-state index is 13.7.